The van der Waals surface area contributed by atoms with E-state index in [2.05, 4.69) is 4.98 Å². The van der Waals surface area contributed by atoms with Gasteiger partial charge in [-0.3, -0.25) is 0 Å². The Morgan fingerprint density at radius 3 is 2.69 bits per heavy atom. The zero-order valence-corrected chi connectivity index (χ0v) is 9.81. The molecular formula is C13H16N2O. The Hall–Kier alpha value is -1.61. The number of nitrogens with zero attached hydrogens (tertiary/aromatic N) is 2. The molecule has 1 aromatic heterocycles. The number of hydrogen-bond donors (Lipinski definition) is 1. The van der Waals surface area contributed by atoms with Crippen LogP contribution in [0.2, 0.25) is 0 Å². The van der Waals surface area contributed by atoms with Crippen LogP contribution in [0, 0.1) is 13.8 Å². The van der Waals surface area contributed by atoms with E-state index in [4.69, 9.17) is 0 Å². The Balaban J connectivity index is 2.40. The second kappa shape index (κ2) is 4.10. The summed E-state index contributed by atoms with van der Waals surface area (Å²) < 4.78 is 1.84. The fourth-order valence-corrected chi connectivity index (χ4v) is 1.79. The van der Waals surface area contributed by atoms with E-state index in [1.165, 1.54) is 0 Å². The Kier molecular flexibility index (Phi) is 2.79. The third-order valence-electron chi connectivity index (χ3n) is 2.73. The van der Waals surface area contributed by atoms with Crippen LogP contribution in [0.4, 0.5) is 0 Å². The van der Waals surface area contributed by atoms with Gasteiger partial charge in [0.05, 0.1) is 12.0 Å². The average Bonchev–Trinajstić information content (AvgIpc) is 2.67. The molecule has 0 bridgehead atoms. The predicted molar refractivity (Wildman–Crippen MR) is 63.2 cm³/mol. The van der Waals surface area contributed by atoms with Gasteiger partial charge in [-0.1, -0.05) is 23.8 Å². The van der Waals surface area contributed by atoms with Crippen molar-refractivity contribution in [3.63, 3.8) is 0 Å². The quantitative estimate of drug-likeness (QED) is 0.835. The smallest absolute Gasteiger partial charge is 0.123 e. The summed E-state index contributed by atoms with van der Waals surface area (Å²) in [6.45, 7) is 4.02. The third-order valence-corrected chi connectivity index (χ3v) is 2.73. The van der Waals surface area contributed by atoms with Crippen molar-refractivity contribution in [3.8, 4) is 0 Å². The number of aliphatic hydroxyl groups excluding tert-OH is 1. The molecule has 0 saturated heterocycles. The molecule has 84 valence electrons. The maximum atomic E-state index is 10.2. The number of rotatable bonds is 2. The number of benzene rings is 1. The van der Waals surface area contributed by atoms with E-state index in [9.17, 15) is 5.11 Å². The first kappa shape index (κ1) is 10.9. The maximum Gasteiger partial charge on any atom is 0.123 e. The molecule has 0 spiro atoms. The second-order valence-corrected chi connectivity index (χ2v) is 4.23. The monoisotopic (exact) mass is 216 g/mol. The normalized spacial score (nSPS) is 12.8. The summed E-state index contributed by atoms with van der Waals surface area (Å²) >= 11 is 0. The molecule has 0 fully saturated rings. The molecule has 3 heteroatoms. The summed E-state index contributed by atoms with van der Waals surface area (Å²) in [5, 5.41) is 10.2. The Bertz CT molecular complexity index is 502. The Morgan fingerprint density at radius 1 is 1.31 bits per heavy atom. The van der Waals surface area contributed by atoms with Gasteiger partial charge in [-0.15, -0.1) is 0 Å². The lowest BCUT2D eigenvalue weighted by atomic mass is 9.99. The van der Waals surface area contributed by atoms with Crippen molar-refractivity contribution in [2.45, 2.75) is 20.0 Å². The van der Waals surface area contributed by atoms with Gasteiger partial charge in [0.1, 0.15) is 6.10 Å². The first-order valence-corrected chi connectivity index (χ1v) is 5.31. The van der Waals surface area contributed by atoms with Crippen LogP contribution in [0.3, 0.4) is 0 Å². The number of imidazole rings is 1. The minimum Gasteiger partial charge on any atom is -0.382 e. The first-order chi connectivity index (χ1) is 7.58. The molecule has 1 aromatic carbocycles. The number of aromatic nitrogens is 2. The third kappa shape index (κ3) is 1.99. The van der Waals surface area contributed by atoms with Crippen molar-refractivity contribution in [1.82, 2.24) is 9.55 Å². The summed E-state index contributed by atoms with van der Waals surface area (Å²) in [6.07, 6.45) is 2.90. The van der Waals surface area contributed by atoms with Crippen LogP contribution in [0.5, 0.6) is 0 Å². The van der Waals surface area contributed by atoms with Crippen molar-refractivity contribution in [1.29, 1.82) is 0 Å². The highest BCUT2D eigenvalue weighted by molar-refractivity contribution is 5.35. The highest BCUT2D eigenvalue weighted by atomic mass is 16.3. The SMILES string of the molecule is Cc1ccc(C)c(C(O)c2cn(C)cn2)c1. The van der Waals surface area contributed by atoms with Crippen molar-refractivity contribution < 1.29 is 5.11 Å². The molecule has 16 heavy (non-hydrogen) atoms. The summed E-state index contributed by atoms with van der Waals surface area (Å²) in [5.74, 6) is 0. The van der Waals surface area contributed by atoms with Crippen LogP contribution >= 0.6 is 0 Å². The van der Waals surface area contributed by atoms with Gasteiger partial charge in [-0.2, -0.15) is 0 Å². The molecule has 0 radical (unpaired) electrons. The Morgan fingerprint density at radius 2 is 2.06 bits per heavy atom. The minimum atomic E-state index is -0.638. The molecule has 1 heterocycles. The van der Waals surface area contributed by atoms with E-state index >= 15 is 0 Å². The van der Waals surface area contributed by atoms with E-state index in [-0.39, 0.29) is 0 Å². The van der Waals surface area contributed by atoms with E-state index in [0.717, 1.165) is 16.7 Å². The molecule has 1 atom stereocenters. The molecule has 0 aliphatic carbocycles. The zero-order valence-electron chi connectivity index (χ0n) is 9.81. The molecule has 2 rings (SSSR count). The van der Waals surface area contributed by atoms with Gasteiger partial charge in [0.25, 0.3) is 0 Å². The van der Waals surface area contributed by atoms with E-state index in [0.29, 0.717) is 5.69 Å². The van der Waals surface area contributed by atoms with Gasteiger partial charge in [0, 0.05) is 13.2 Å². The fourth-order valence-electron chi connectivity index (χ4n) is 1.79. The van der Waals surface area contributed by atoms with Gasteiger partial charge >= 0.3 is 0 Å². The van der Waals surface area contributed by atoms with E-state index in [1.807, 2.05) is 49.9 Å². The maximum absolute atomic E-state index is 10.2. The lowest BCUT2D eigenvalue weighted by molar-refractivity contribution is 0.215. The van der Waals surface area contributed by atoms with Crippen LogP contribution < -0.4 is 0 Å². The standard InChI is InChI=1S/C13H16N2O/c1-9-4-5-10(2)11(6-9)13(16)12-7-15(3)8-14-12/h4-8,13,16H,1-3H3. The van der Waals surface area contributed by atoms with Gasteiger partial charge in [0.2, 0.25) is 0 Å². The lowest BCUT2D eigenvalue weighted by Gasteiger charge is -2.12. The molecule has 1 unspecified atom stereocenters. The Labute approximate surface area is 95.4 Å². The average molecular weight is 216 g/mol. The van der Waals surface area contributed by atoms with Gasteiger partial charge < -0.3 is 9.67 Å². The van der Waals surface area contributed by atoms with Gasteiger partial charge in [0.15, 0.2) is 0 Å². The summed E-state index contributed by atoms with van der Waals surface area (Å²) in [6, 6.07) is 6.08. The van der Waals surface area contributed by atoms with Crippen LogP contribution in [-0.4, -0.2) is 14.7 Å². The predicted octanol–water partition coefficient (Wildman–Crippen LogP) is 2.12. The molecule has 1 N–H and O–H groups in total. The van der Waals surface area contributed by atoms with Crippen LogP contribution in [-0.2, 0) is 7.05 Å². The topological polar surface area (TPSA) is 38.0 Å². The zero-order chi connectivity index (χ0) is 11.7. The van der Waals surface area contributed by atoms with E-state index in [1.54, 1.807) is 6.33 Å². The highest BCUT2D eigenvalue weighted by Gasteiger charge is 2.15. The number of hydrogen-bond acceptors (Lipinski definition) is 2. The second-order valence-electron chi connectivity index (χ2n) is 4.23. The van der Waals surface area contributed by atoms with Gasteiger partial charge in [-0.25, -0.2) is 4.98 Å². The number of aliphatic hydroxyl groups is 1. The van der Waals surface area contributed by atoms with E-state index < -0.39 is 6.10 Å². The van der Waals surface area contributed by atoms with Crippen molar-refractivity contribution in [2.24, 2.45) is 7.05 Å². The fraction of sp³-hybridized carbons (Fsp3) is 0.308. The minimum absolute atomic E-state index is 0.638. The molecule has 0 amide bonds. The highest BCUT2D eigenvalue weighted by Crippen LogP contribution is 2.24. The molecule has 0 saturated carbocycles. The largest absolute Gasteiger partial charge is 0.382 e. The number of aryl methyl sites for hydroxylation is 3. The van der Waals surface area contributed by atoms with Crippen molar-refractivity contribution >= 4 is 0 Å². The summed E-state index contributed by atoms with van der Waals surface area (Å²) in [7, 11) is 1.90. The molecule has 2 aromatic rings. The lowest BCUT2D eigenvalue weighted by Crippen LogP contribution is -2.02. The summed E-state index contributed by atoms with van der Waals surface area (Å²) in [5.41, 5.74) is 3.86. The molecule has 3 nitrogen and oxygen atoms in total. The van der Waals surface area contributed by atoms with Crippen molar-refractivity contribution in [2.75, 3.05) is 0 Å². The molecule has 0 aliphatic rings. The molecule has 0 aliphatic heterocycles. The van der Waals surface area contributed by atoms with Gasteiger partial charge in [-0.05, 0) is 25.0 Å². The molecular weight excluding hydrogens is 200 g/mol. The van der Waals surface area contributed by atoms with Crippen LogP contribution in [0.15, 0.2) is 30.7 Å². The van der Waals surface area contributed by atoms with Crippen molar-refractivity contribution in [3.05, 3.63) is 53.1 Å². The first-order valence-electron chi connectivity index (χ1n) is 5.31. The van der Waals surface area contributed by atoms with Crippen LogP contribution in [0.1, 0.15) is 28.5 Å². The van der Waals surface area contributed by atoms with Crippen LogP contribution in [0.25, 0.3) is 0 Å². The summed E-state index contributed by atoms with van der Waals surface area (Å²) in [4.78, 5) is 4.18.